The highest BCUT2D eigenvalue weighted by molar-refractivity contribution is 5.94. The number of carbonyl (C=O) groups is 1. The second kappa shape index (κ2) is 7.46. The number of aromatic nitrogens is 3. The third kappa shape index (κ3) is 3.84. The molecule has 2 aromatic rings. The molecule has 4 rings (SSSR count). The van der Waals surface area contributed by atoms with E-state index in [1.807, 2.05) is 13.0 Å². The minimum atomic E-state index is -0.495. The summed E-state index contributed by atoms with van der Waals surface area (Å²) >= 11 is 0. The lowest BCUT2D eigenvalue weighted by atomic mass is 10.2. The molecule has 0 aliphatic carbocycles. The van der Waals surface area contributed by atoms with Crippen molar-refractivity contribution in [3.63, 3.8) is 0 Å². The fourth-order valence-corrected chi connectivity index (χ4v) is 3.66. The van der Waals surface area contributed by atoms with Crippen LogP contribution in [0, 0.1) is 12.7 Å². The molecule has 2 aliphatic heterocycles. The van der Waals surface area contributed by atoms with Crippen molar-refractivity contribution in [1.82, 2.24) is 19.9 Å². The van der Waals surface area contributed by atoms with E-state index in [9.17, 15) is 9.18 Å². The van der Waals surface area contributed by atoms with Crippen LogP contribution in [0.15, 0.2) is 24.5 Å². The first-order valence-corrected chi connectivity index (χ1v) is 9.35. The first kappa shape index (κ1) is 17.6. The van der Waals surface area contributed by atoms with Gasteiger partial charge in [0.15, 0.2) is 0 Å². The lowest BCUT2D eigenvalue weighted by molar-refractivity contribution is 0.0745. The highest BCUT2D eigenvalue weighted by atomic mass is 19.1. The van der Waals surface area contributed by atoms with Crippen molar-refractivity contribution < 1.29 is 9.18 Å². The first-order chi connectivity index (χ1) is 13.1. The Kier molecular flexibility index (Phi) is 4.87. The normalized spacial score (nSPS) is 17.5. The van der Waals surface area contributed by atoms with Gasteiger partial charge in [-0.15, -0.1) is 0 Å². The first-order valence-electron chi connectivity index (χ1n) is 9.35. The van der Waals surface area contributed by atoms with Crippen molar-refractivity contribution >= 4 is 17.5 Å². The highest BCUT2D eigenvalue weighted by Crippen LogP contribution is 2.23. The number of halogens is 1. The van der Waals surface area contributed by atoms with Crippen LogP contribution in [0.3, 0.4) is 0 Å². The lowest BCUT2D eigenvalue weighted by Crippen LogP contribution is -2.49. The molecule has 0 N–H and O–H groups in total. The molecule has 0 unspecified atom stereocenters. The summed E-state index contributed by atoms with van der Waals surface area (Å²) < 4.78 is 13.3. The standard InChI is InChI=1S/C19H23FN6O/c1-14-22-17(24-4-2-3-5-24)11-18(23-14)25-6-8-26(9-7-25)19(27)15-10-16(20)13-21-12-15/h10-13H,2-9H2,1H3. The second-order valence-corrected chi connectivity index (χ2v) is 7.00. The average molecular weight is 370 g/mol. The van der Waals surface area contributed by atoms with Crippen LogP contribution in [0.2, 0.25) is 0 Å². The molecule has 7 nitrogen and oxygen atoms in total. The zero-order valence-corrected chi connectivity index (χ0v) is 15.4. The molecule has 0 atom stereocenters. The summed E-state index contributed by atoms with van der Waals surface area (Å²) in [4.78, 5) is 31.7. The van der Waals surface area contributed by atoms with Gasteiger partial charge in [-0.2, -0.15) is 0 Å². The van der Waals surface area contributed by atoms with Gasteiger partial charge in [0.05, 0.1) is 11.8 Å². The minimum Gasteiger partial charge on any atom is -0.356 e. The zero-order chi connectivity index (χ0) is 18.8. The molecule has 0 bridgehead atoms. The van der Waals surface area contributed by atoms with Crippen LogP contribution in [0.1, 0.15) is 29.0 Å². The van der Waals surface area contributed by atoms with E-state index in [-0.39, 0.29) is 11.5 Å². The van der Waals surface area contributed by atoms with Crippen molar-refractivity contribution in [2.24, 2.45) is 0 Å². The smallest absolute Gasteiger partial charge is 0.255 e. The van der Waals surface area contributed by atoms with Crippen LogP contribution in [-0.2, 0) is 0 Å². The fraction of sp³-hybridized carbons (Fsp3) is 0.474. The predicted molar refractivity (Wildman–Crippen MR) is 101 cm³/mol. The summed E-state index contributed by atoms with van der Waals surface area (Å²) in [5.74, 6) is 1.98. The Hall–Kier alpha value is -2.77. The van der Waals surface area contributed by atoms with Gasteiger partial charge in [-0.1, -0.05) is 0 Å². The molecule has 27 heavy (non-hydrogen) atoms. The van der Waals surface area contributed by atoms with Crippen molar-refractivity contribution in [2.75, 3.05) is 49.1 Å². The molecule has 142 valence electrons. The van der Waals surface area contributed by atoms with Gasteiger partial charge in [0.25, 0.3) is 5.91 Å². The molecule has 2 aliphatic rings. The second-order valence-electron chi connectivity index (χ2n) is 7.00. The molecule has 4 heterocycles. The van der Waals surface area contributed by atoms with Gasteiger partial charge in [0.1, 0.15) is 23.3 Å². The van der Waals surface area contributed by atoms with E-state index in [1.54, 1.807) is 4.90 Å². The number of pyridine rings is 1. The summed E-state index contributed by atoms with van der Waals surface area (Å²) in [5.41, 5.74) is 0.289. The highest BCUT2D eigenvalue weighted by Gasteiger charge is 2.24. The third-order valence-corrected chi connectivity index (χ3v) is 5.08. The van der Waals surface area contributed by atoms with E-state index < -0.39 is 5.82 Å². The quantitative estimate of drug-likeness (QED) is 0.822. The van der Waals surface area contributed by atoms with Gasteiger partial charge in [0.2, 0.25) is 0 Å². The van der Waals surface area contributed by atoms with Crippen LogP contribution in [0.5, 0.6) is 0 Å². The van der Waals surface area contributed by atoms with Crippen LogP contribution in [-0.4, -0.2) is 65.0 Å². The Morgan fingerprint density at radius 3 is 2.19 bits per heavy atom. The van der Waals surface area contributed by atoms with Gasteiger partial charge in [-0.3, -0.25) is 9.78 Å². The van der Waals surface area contributed by atoms with Gasteiger partial charge in [-0.25, -0.2) is 14.4 Å². The maximum atomic E-state index is 13.3. The Morgan fingerprint density at radius 1 is 0.926 bits per heavy atom. The molecular weight excluding hydrogens is 347 g/mol. The number of nitrogens with zero attached hydrogens (tertiary/aromatic N) is 6. The van der Waals surface area contributed by atoms with E-state index in [4.69, 9.17) is 0 Å². The molecular formula is C19H23FN6O. The van der Waals surface area contributed by atoms with Crippen LogP contribution in [0.4, 0.5) is 16.0 Å². The summed E-state index contributed by atoms with van der Waals surface area (Å²) in [5, 5.41) is 0. The average Bonchev–Trinajstić information content (AvgIpc) is 3.22. The Bertz CT molecular complexity index is 831. The molecule has 8 heteroatoms. The molecule has 2 aromatic heterocycles. The number of hydrogen-bond donors (Lipinski definition) is 0. The van der Waals surface area contributed by atoms with Crippen LogP contribution < -0.4 is 9.80 Å². The number of hydrogen-bond acceptors (Lipinski definition) is 6. The van der Waals surface area contributed by atoms with E-state index in [0.29, 0.717) is 26.2 Å². The van der Waals surface area contributed by atoms with Crippen LogP contribution in [0.25, 0.3) is 0 Å². The Morgan fingerprint density at radius 2 is 1.56 bits per heavy atom. The molecule has 0 aromatic carbocycles. The van der Waals surface area contributed by atoms with Gasteiger partial charge >= 0.3 is 0 Å². The summed E-state index contributed by atoms with van der Waals surface area (Å²) in [6, 6.07) is 3.28. The Labute approximate surface area is 157 Å². The zero-order valence-electron chi connectivity index (χ0n) is 15.4. The molecule has 0 spiro atoms. The molecule has 2 saturated heterocycles. The maximum absolute atomic E-state index is 13.3. The molecule has 2 fully saturated rings. The predicted octanol–water partition coefficient (Wildman–Crippen LogP) is 1.88. The maximum Gasteiger partial charge on any atom is 0.255 e. The summed E-state index contributed by atoms with van der Waals surface area (Å²) in [6.07, 6.45) is 4.92. The monoisotopic (exact) mass is 370 g/mol. The number of amides is 1. The van der Waals surface area contributed by atoms with E-state index in [2.05, 4.69) is 24.8 Å². The van der Waals surface area contributed by atoms with Crippen molar-refractivity contribution in [3.8, 4) is 0 Å². The lowest BCUT2D eigenvalue weighted by Gasteiger charge is -2.35. The minimum absolute atomic E-state index is 0.182. The number of carbonyl (C=O) groups excluding carboxylic acids is 1. The molecule has 0 saturated carbocycles. The Balaban J connectivity index is 1.44. The largest absolute Gasteiger partial charge is 0.356 e. The van der Waals surface area contributed by atoms with Gasteiger partial charge < -0.3 is 14.7 Å². The van der Waals surface area contributed by atoms with Crippen molar-refractivity contribution in [2.45, 2.75) is 19.8 Å². The molecule has 1 amide bonds. The van der Waals surface area contributed by atoms with E-state index >= 15 is 0 Å². The summed E-state index contributed by atoms with van der Waals surface area (Å²) in [6.45, 7) is 6.50. The number of aryl methyl sites for hydroxylation is 1. The SMILES string of the molecule is Cc1nc(N2CCCC2)cc(N2CCN(C(=O)c3cncc(F)c3)CC2)n1. The van der Waals surface area contributed by atoms with Crippen molar-refractivity contribution in [3.05, 3.63) is 41.7 Å². The molecule has 0 radical (unpaired) electrons. The number of anilines is 2. The number of rotatable bonds is 3. The topological polar surface area (TPSA) is 65.5 Å². The third-order valence-electron chi connectivity index (χ3n) is 5.08. The van der Waals surface area contributed by atoms with Crippen molar-refractivity contribution in [1.29, 1.82) is 0 Å². The number of piperazine rings is 1. The van der Waals surface area contributed by atoms with Gasteiger partial charge in [0, 0.05) is 51.5 Å². The van der Waals surface area contributed by atoms with Crippen LogP contribution >= 0.6 is 0 Å². The fourth-order valence-electron chi connectivity index (χ4n) is 3.66. The van der Waals surface area contributed by atoms with E-state index in [0.717, 1.165) is 36.7 Å². The van der Waals surface area contributed by atoms with E-state index in [1.165, 1.54) is 25.1 Å². The van der Waals surface area contributed by atoms with Gasteiger partial charge in [-0.05, 0) is 25.8 Å². The summed E-state index contributed by atoms with van der Waals surface area (Å²) in [7, 11) is 0.